The van der Waals surface area contributed by atoms with Gasteiger partial charge in [-0.15, -0.1) is 11.3 Å². The van der Waals surface area contributed by atoms with E-state index in [1.54, 1.807) is 25.1 Å². The van der Waals surface area contributed by atoms with Gasteiger partial charge in [-0.25, -0.2) is 19.2 Å². The summed E-state index contributed by atoms with van der Waals surface area (Å²) >= 11 is 7.59. The summed E-state index contributed by atoms with van der Waals surface area (Å²) in [4.78, 5) is 22.1. The summed E-state index contributed by atoms with van der Waals surface area (Å²) < 4.78 is 13.4. The van der Waals surface area contributed by atoms with Crippen molar-refractivity contribution in [2.45, 2.75) is 13.0 Å². The number of halogens is 2. The summed E-state index contributed by atoms with van der Waals surface area (Å²) in [5.74, 6) is -1.02. The minimum absolute atomic E-state index is 0.103. The van der Waals surface area contributed by atoms with Crippen LogP contribution < -0.4 is 0 Å². The average Bonchev–Trinajstić information content (AvgIpc) is 3.03. The van der Waals surface area contributed by atoms with Gasteiger partial charge in [0.05, 0.1) is 17.3 Å². The number of aromatic nitrogens is 1. The first kappa shape index (κ1) is 16.6. The molecule has 0 saturated heterocycles. The molecule has 1 aliphatic rings. The van der Waals surface area contributed by atoms with Gasteiger partial charge in [-0.2, -0.15) is 0 Å². The van der Waals surface area contributed by atoms with Crippen molar-refractivity contribution in [1.82, 2.24) is 9.88 Å². The molecule has 0 saturated carbocycles. The molecule has 0 bridgehead atoms. The van der Waals surface area contributed by atoms with Crippen LogP contribution >= 0.6 is 22.9 Å². The summed E-state index contributed by atoms with van der Waals surface area (Å²) in [5, 5.41) is 12.3. The number of likely N-dealkylation sites (N-methyl/N-ethyl adjacent to an activating group) is 1. The maximum atomic E-state index is 13.4. The smallest absolute Gasteiger partial charge is 0.335 e. The molecule has 1 unspecified atom stereocenters. The summed E-state index contributed by atoms with van der Waals surface area (Å²) in [7, 11) is 1.72. The Hall–Kier alpha value is -2.25. The Morgan fingerprint density at radius 1 is 1.46 bits per heavy atom. The lowest BCUT2D eigenvalue weighted by molar-refractivity contribution is -0.133. The highest BCUT2D eigenvalue weighted by Gasteiger charge is 2.36. The van der Waals surface area contributed by atoms with Gasteiger partial charge < -0.3 is 10.0 Å². The number of thiazole rings is 1. The molecule has 124 valence electrons. The highest BCUT2D eigenvalue weighted by Crippen LogP contribution is 2.38. The van der Waals surface area contributed by atoms with Gasteiger partial charge in [-0.1, -0.05) is 17.7 Å². The summed E-state index contributed by atoms with van der Waals surface area (Å²) in [5.41, 5.74) is 0.976. The Morgan fingerprint density at radius 3 is 2.79 bits per heavy atom. The molecule has 1 aliphatic heterocycles. The van der Waals surface area contributed by atoms with Gasteiger partial charge in [-0.3, -0.25) is 0 Å². The largest absolute Gasteiger partial charge is 0.478 e. The molecule has 1 aromatic carbocycles. The van der Waals surface area contributed by atoms with Crippen LogP contribution in [-0.4, -0.2) is 33.8 Å². The van der Waals surface area contributed by atoms with Gasteiger partial charge >= 0.3 is 5.97 Å². The fourth-order valence-corrected chi connectivity index (χ4v) is 3.64. The normalized spacial score (nSPS) is 17.9. The summed E-state index contributed by atoms with van der Waals surface area (Å²) in [6.07, 6.45) is 1.65. The molecule has 0 spiro atoms. The first-order valence-electron chi connectivity index (χ1n) is 7.00. The Kier molecular flexibility index (Phi) is 4.38. The maximum absolute atomic E-state index is 13.4. The van der Waals surface area contributed by atoms with Crippen LogP contribution in [-0.2, 0) is 4.79 Å². The predicted octanol–water partition coefficient (Wildman–Crippen LogP) is 3.73. The molecular weight excluding hydrogens is 353 g/mol. The molecule has 0 amide bonds. The third-order valence-electron chi connectivity index (χ3n) is 3.77. The van der Waals surface area contributed by atoms with Crippen molar-refractivity contribution in [3.8, 4) is 0 Å². The number of allylic oxidation sites excluding steroid dienone is 1. The second-order valence-electron chi connectivity index (χ2n) is 5.26. The van der Waals surface area contributed by atoms with Gasteiger partial charge in [0.1, 0.15) is 5.82 Å². The SMILES string of the molecule is CC1=C(C(=O)O)C(c2ccc(F)cc2Cl)N(C)C(c2nccs2)=N1. The highest BCUT2D eigenvalue weighted by atomic mass is 35.5. The first-order chi connectivity index (χ1) is 11.4. The van der Waals surface area contributed by atoms with Gasteiger partial charge in [0.15, 0.2) is 10.8 Å². The number of rotatable bonds is 3. The number of aliphatic carboxylic acids is 1. The molecule has 3 rings (SSSR count). The zero-order valence-electron chi connectivity index (χ0n) is 12.8. The fourth-order valence-electron chi connectivity index (χ4n) is 2.70. The number of aliphatic imine (C=N–C) groups is 1. The van der Waals surface area contributed by atoms with Crippen LogP contribution in [0.2, 0.25) is 5.02 Å². The average molecular weight is 366 g/mol. The van der Waals surface area contributed by atoms with E-state index in [-0.39, 0.29) is 10.6 Å². The number of hydrogen-bond donors (Lipinski definition) is 1. The van der Waals surface area contributed by atoms with Crippen LogP contribution in [0, 0.1) is 5.82 Å². The zero-order valence-corrected chi connectivity index (χ0v) is 14.4. The number of amidine groups is 1. The van der Waals surface area contributed by atoms with Crippen LogP contribution in [0.25, 0.3) is 0 Å². The Balaban J connectivity index is 2.19. The van der Waals surface area contributed by atoms with E-state index >= 15 is 0 Å². The van der Waals surface area contributed by atoms with E-state index in [9.17, 15) is 14.3 Å². The number of carboxylic acid groups (broad SMARTS) is 1. The predicted molar refractivity (Wildman–Crippen MR) is 90.9 cm³/mol. The molecule has 0 aliphatic carbocycles. The van der Waals surface area contributed by atoms with E-state index in [2.05, 4.69) is 9.98 Å². The van der Waals surface area contributed by atoms with Crippen LogP contribution in [0.4, 0.5) is 4.39 Å². The molecular formula is C16H13ClFN3O2S. The molecule has 2 heterocycles. The van der Waals surface area contributed by atoms with Crippen molar-refractivity contribution in [3.05, 3.63) is 62.5 Å². The highest BCUT2D eigenvalue weighted by molar-refractivity contribution is 7.11. The number of carbonyl (C=O) groups is 1. The molecule has 1 atom stereocenters. The molecule has 5 nitrogen and oxygen atoms in total. The lowest BCUT2D eigenvalue weighted by Crippen LogP contribution is -2.38. The molecule has 2 aromatic rings. The second kappa shape index (κ2) is 6.33. The number of nitrogens with zero attached hydrogens (tertiary/aromatic N) is 3. The standard InChI is InChI=1S/C16H13ClFN3O2S/c1-8-12(16(22)23)13(10-4-3-9(18)7-11(10)17)21(2)14(20-8)15-19-5-6-24-15/h3-7,13H,1-2H3,(H,22,23). The third kappa shape index (κ3) is 2.81. The third-order valence-corrected chi connectivity index (χ3v) is 4.87. The Labute approximate surface area is 146 Å². The van der Waals surface area contributed by atoms with E-state index in [4.69, 9.17) is 11.6 Å². The van der Waals surface area contributed by atoms with E-state index in [0.29, 0.717) is 22.1 Å². The van der Waals surface area contributed by atoms with Crippen LogP contribution in [0.15, 0.2) is 46.0 Å². The summed E-state index contributed by atoms with van der Waals surface area (Å²) in [6, 6.07) is 3.25. The van der Waals surface area contributed by atoms with E-state index in [0.717, 1.165) is 0 Å². The topological polar surface area (TPSA) is 65.8 Å². The van der Waals surface area contributed by atoms with Crippen molar-refractivity contribution in [3.63, 3.8) is 0 Å². The monoisotopic (exact) mass is 365 g/mol. The van der Waals surface area contributed by atoms with Gasteiger partial charge in [0.25, 0.3) is 0 Å². The number of hydrogen-bond acceptors (Lipinski definition) is 5. The lowest BCUT2D eigenvalue weighted by atomic mass is 9.94. The number of benzene rings is 1. The quantitative estimate of drug-likeness (QED) is 0.900. The number of carboxylic acids is 1. The molecule has 24 heavy (non-hydrogen) atoms. The van der Waals surface area contributed by atoms with Crippen molar-refractivity contribution < 1.29 is 14.3 Å². The fraction of sp³-hybridized carbons (Fsp3) is 0.188. The minimum Gasteiger partial charge on any atom is -0.478 e. The Bertz CT molecular complexity index is 864. The van der Waals surface area contributed by atoms with Crippen molar-refractivity contribution in [1.29, 1.82) is 0 Å². The second-order valence-corrected chi connectivity index (χ2v) is 6.56. The van der Waals surface area contributed by atoms with Crippen molar-refractivity contribution >= 4 is 34.7 Å². The van der Waals surface area contributed by atoms with Gasteiger partial charge in [0.2, 0.25) is 0 Å². The minimum atomic E-state index is -1.09. The molecule has 0 radical (unpaired) electrons. The first-order valence-corrected chi connectivity index (χ1v) is 8.26. The maximum Gasteiger partial charge on any atom is 0.335 e. The van der Waals surface area contributed by atoms with E-state index in [1.165, 1.54) is 29.5 Å². The van der Waals surface area contributed by atoms with Crippen molar-refractivity contribution in [2.24, 2.45) is 4.99 Å². The molecule has 0 fully saturated rings. The van der Waals surface area contributed by atoms with E-state index < -0.39 is 17.8 Å². The van der Waals surface area contributed by atoms with Crippen LogP contribution in [0.5, 0.6) is 0 Å². The van der Waals surface area contributed by atoms with Crippen LogP contribution in [0.1, 0.15) is 23.5 Å². The zero-order chi connectivity index (χ0) is 17.4. The van der Waals surface area contributed by atoms with Crippen LogP contribution in [0.3, 0.4) is 0 Å². The lowest BCUT2D eigenvalue weighted by Gasteiger charge is -2.35. The molecule has 1 aromatic heterocycles. The summed E-state index contributed by atoms with van der Waals surface area (Å²) in [6.45, 7) is 1.63. The molecule has 8 heteroatoms. The van der Waals surface area contributed by atoms with Crippen molar-refractivity contribution in [2.75, 3.05) is 7.05 Å². The van der Waals surface area contributed by atoms with Gasteiger partial charge in [-0.05, 0) is 24.6 Å². The Morgan fingerprint density at radius 2 is 2.21 bits per heavy atom. The molecule has 1 N–H and O–H groups in total. The van der Waals surface area contributed by atoms with Gasteiger partial charge in [0, 0.05) is 23.6 Å². The van der Waals surface area contributed by atoms with E-state index in [1.807, 2.05) is 5.38 Å².